The van der Waals surface area contributed by atoms with Gasteiger partial charge in [0.05, 0.1) is 11.7 Å². The molecule has 35 heavy (non-hydrogen) atoms. The Labute approximate surface area is 207 Å². The summed E-state index contributed by atoms with van der Waals surface area (Å²) in [7, 11) is 0. The lowest BCUT2D eigenvalue weighted by Gasteiger charge is -2.54. The lowest BCUT2D eigenvalue weighted by atomic mass is 9.62. The van der Waals surface area contributed by atoms with E-state index in [2.05, 4.69) is 31.2 Å². The maximum Gasteiger partial charge on any atom is 0.160 e. The number of pyridine rings is 1. The first-order chi connectivity index (χ1) is 16.5. The highest BCUT2D eigenvalue weighted by molar-refractivity contribution is 8.15. The van der Waals surface area contributed by atoms with Crippen LogP contribution in [0.3, 0.4) is 0 Å². The van der Waals surface area contributed by atoms with Gasteiger partial charge in [-0.15, -0.1) is 6.42 Å². The molecule has 3 N–H and O–H groups in total. The highest BCUT2D eigenvalue weighted by Gasteiger charge is 2.59. The minimum Gasteiger partial charge on any atom is -0.479 e. The number of nitrogens with two attached hydrogens (primary N) is 1. The monoisotopic (exact) mass is 496 g/mol. The number of thioether (sulfide) groups is 1. The summed E-state index contributed by atoms with van der Waals surface area (Å²) >= 11 is 1.36. The molecule has 1 aliphatic rings. The average molecular weight is 497 g/mol. The van der Waals surface area contributed by atoms with E-state index in [0.717, 1.165) is 0 Å². The maximum atomic E-state index is 15.3. The Balaban J connectivity index is 1.78. The van der Waals surface area contributed by atoms with Crippen molar-refractivity contribution in [3.8, 4) is 18.1 Å². The predicted molar refractivity (Wildman–Crippen MR) is 136 cm³/mol. The summed E-state index contributed by atoms with van der Waals surface area (Å²) in [5.74, 6) is 2.70. The summed E-state index contributed by atoms with van der Waals surface area (Å²) < 4.78 is 35.1. The van der Waals surface area contributed by atoms with Gasteiger partial charge in [-0.2, -0.15) is 0 Å². The Morgan fingerprint density at radius 3 is 2.66 bits per heavy atom. The van der Waals surface area contributed by atoms with Gasteiger partial charge in [0, 0.05) is 27.5 Å². The van der Waals surface area contributed by atoms with Crippen molar-refractivity contribution in [3.05, 3.63) is 48.2 Å². The standard InChI is InChI=1S/C25H26F2N6OS/c1-6-9-34-16-11-19-20(29-12-16)21(31-14-30-19)32-15-7-8-18(27)17(10-15)25(13-26)23(2,3)24(4,5)35-22(28)33-25/h1,7-8,10-12,14H,9,13H2,2-5H3,(H2,28,33)(H,30,31,32)/t25-/m1/s1. The molecular formula is C25H26F2N6OS. The van der Waals surface area contributed by atoms with Crippen molar-refractivity contribution in [1.29, 1.82) is 0 Å². The van der Waals surface area contributed by atoms with E-state index >= 15 is 4.39 Å². The molecule has 1 aliphatic heterocycles. The predicted octanol–water partition coefficient (Wildman–Crippen LogP) is 4.95. The van der Waals surface area contributed by atoms with Crippen LogP contribution in [0.4, 0.5) is 20.3 Å². The minimum absolute atomic E-state index is 0.108. The zero-order valence-electron chi connectivity index (χ0n) is 19.9. The fourth-order valence-corrected chi connectivity index (χ4v) is 5.33. The number of rotatable bonds is 6. The second-order valence-corrected chi connectivity index (χ2v) is 10.9. The van der Waals surface area contributed by atoms with Gasteiger partial charge in [0.25, 0.3) is 0 Å². The van der Waals surface area contributed by atoms with E-state index in [0.29, 0.717) is 28.3 Å². The Hall–Kier alpha value is -3.45. The Bertz CT molecular complexity index is 1350. The normalized spacial score (nSPS) is 20.7. The number of alkyl halides is 1. The van der Waals surface area contributed by atoms with Gasteiger partial charge in [0.1, 0.15) is 42.2 Å². The summed E-state index contributed by atoms with van der Waals surface area (Å²) in [6.45, 7) is 6.89. The van der Waals surface area contributed by atoms with E-state index in [-0.39, 0.29) is 17.3 Å². The maximum absolute atomic E-state index is 15.3. The van der Waals surface area contributed by atoms with Gasteiger partial charge in [-0.1, -0.05) is 31.5 Å². The van der Waals surface area contributed by atoms with Gasteiger partial charge in [-0.3, -0.25) is 0 Å². The molecule has 2 aromatic heterocycles. The molecule has 0 amide bonds. The largest absolute Gasteiger partial charge is 0.479 e. The lowest BCUT2D eigenvalue weighted by molar-refractivity contribution is 0.0886. The molecule has 1 atom stereocenters. The zero-order valence-corrected chi connectivity index (χ0v) is 20.7. The molecule has 3 aromatic rings. The molecule has 0 saturated heterocycles. The SMILES string of the molecule is C#CCOc1cnc2c(Nc3ccc(F)c([C@@]4(CF)N=C(N)SC(C)(C)C4(C)C)c3)ncnc2c1. The third-order valence-corrected chi connectivity index (χ3v) is 8.16. The second kappa shape index (κ2) is 8.96. The van der Waals surface area contributed by atoms with Crippen LogP contribution in [0.2, 0.25) is 0 Å². The number of nitrogens with one attached hydrogen (secondary N) is 1. The molecule has 0 unspecified atom stereocenters. The van der Waals surface area contributed by atoms with E-state index < -0.39 is 28.2 Å². The van der Waals surface area contributed by atoms with E-state index in [4.69, 9.17) is 16.9 Å². The van der Waals surface area contributed by atoms with Crippen molar-refractivity contribution in [2.45, 2.75) is 38.0 Å². The summed E-state index contributed by atoms with van der Waals surface area (Å²) in [4.78, 5) is 17.4. The lowest BCUT2D eigenvalue weighted by Crippen LogP contribution is -2.57. The summed E-state index contributed by atoms with van der Waals surface area (Å²) in [6, 6.07) is 6.08. The third kappa shape index (κ3) is 4.14. The first-order valence-corrected chi connectivity index (χ1v) is 11.7. The van der Waals surface area contributed by atoms with Crippen molar-refractivity contribution in [1.82, 2.24) is 15.0 Å². The quantitative estimate of drug-likeness (QED) is 0.466. The van der Waals surface area contributed by atoms with E-state index in [9.17, 15) is 4.39 Å². The number of terminal acetylenes is 1. The Morgan fingerprint density at radius 1 is 1.17 bits per heavy atom. The Morgan fingerprint density at radius 2 is 1.94 bits per heavy atom. The van der Waals surface area contributed by atoms with Crippen LogP contribution in [0.1, 0.15) is 33.3 Å². The van der Waals surface area contributed by atoms with E-state index in [1.807, 2.05) is 27.7 Å². The average Bonchev–Trinajstić information content (AvgIpc) is 2.81. The number of fused-ring (bicyclic) bond motifs is 1. The van der Waals surface area contributed by atoms with Crippen molar-refractivity contribution < 1.29 is 13.5 Å². The van der Waals surface area contributed by atoms with Gasteiger partial charge in [-0.25, -0.2) is 28.7 Å². The topological polar surface area (TPSA) is 98.3 Å². The summed E-state index contributed by atoms with van der Waals surface area (Å²) in [5.41, 5.74) is 5.42. The number of amidine groups is 1. The molecule has 0 saturated carbocycles. The first-order valence-electron chi connectivity index (χ1n) is 10.9. The van der Waals surface area contributed by atoms with Crippen LogP contribution < -0.4 is 15.8 Å². The van der Waals surface area contributed by atoms with Crippen LogP contribution in [-0.2, 0) is 5.54 Å². The molecule has 10 heteroatoms. The van der Waals surface area contributed by atoms with Crippen molar-refractivity contribution in [2.75, 3.05) is 18.6 Å². The van der Waals surface area contributed by atoms with Crippen LogP contribution in [0.5, 0.6) is 5.75 Å². The van der Waals surface area contributed by atoms with Gasteiger partial charge in [-0.05, 0) is 32.0 Å². The smallest absolute Gasteiger partial charge is 0.160 e. The molecule has 0 aliphatic carbocycles. The fraction of sp³-hybridized carbons (Fsp3) is 0.360. The van der Waals surface area contributed by atoms with Crippen LogP contribution in [0.15, 0.2) is 41.8 Å². The van der Waals surface area contributed by atoms with Crippen LogP contribution in [0, 0.1) is 23.6 Å². The summed E-state index contributed by atoms with van der Waals surface area (Å²) in [6.07, 6.45) is 8.13. The number of hydrogen-bond donors (Lipinski definition) is 2. The number of hydrogen-bond acceptors (Lipinski definition) is 8. The van der Waals surface area contributed by atoms with Crippen molar-refractivity contribution >= 4 is 39.5 Å². The molecule has 3 heterocycles. The Kier molecular flexibility index (Phi) is 6.32. The van der Waals surface area contributed by atoms with E-state index in [1.54, 1.807) is 18.2 Å². The molecule has 7 nitrogen and oxygen atoms in total. The van der Waals surface area contributed by atoms with Crippen molar-refractivity contribution in [2.24, 2.45) is 16.1 Å². The second-order valence-electron chi connectivity index (χ2n) is 9.25. The van der Waals surface area contributed by atoms with Gasteiger partial charge >= 0.3 is 0 Å². The molecule has 0 spiro atoms. The van der Waals surface area contributed by atoms with Gasteiger partial charge in [0.2, 0.25) is 0 Å². The van der Waals surface area contributed by atoms with Crippen molar-refractivity contribution in [3.63, 3.8) is 0 Å². The zero-order chi connectivity index (χ0) is 25.4. The number of ether oxygens (including phenoxy) is 1. The molecule has 1 aromatic carbocycles. The molecule has 4 rings (SSSR count). The highest BCUT2D eigenvalue weighted by atomic mass is 32.2. The summed E-state index contributed by atoms with van der Waals surface area (Å²) in [5, 5.41) is 3.38. The number of benzene rings is 1. The first kappa shape index (κ1) is 24.7. The van der Waals surface area contributed by atoms with Gasteiger partial charge < -0.3 is 15.8 Å². The van der Waals surface area contributed by atoms with Crippen LogP contribution in [0.25, 0.3) is 11.0 Å². The fourth-order valence-electron chi connectivity index (χ4n) is 4.18. The molecule has 0 fully saturated rings. The highest BCUT2D eigenvalue weighted by Crippen LogP contribution is 2.58. The number of halogens is 2. The molecule has 0 radical (unpaired) electrons. The minimum atomic E-state index is -1.51. The number of aliphatic imine (C=N–C) groups is 1. The third-order valence-electron chi connectivity index (χ3n) is 6.84. The molecule has 182 valence electrons. The number of aromatic nitrogens is 3. The number of anilines is 2. The molecule has 0 bridgehead atoms. The van der Waals surface area contributed by atoms with E-state index in [1.165, 1.54) is 30.4 Å². The van der Waals surface area contributed by atoms with Crippen LogP contribution in [-0.4, -0.2) is 38.1 Å². The van der Waals surface area contributed by atoms with Crippen LogP contribution >= 0.6 is 11.8 Å². The number of nitrogens with zero attached hydrogens (tertiary/aromatic N) is 4. The van der Waals surface area contributed by atoms with Gasteiger partial charge in [0.15, 0.2) is 11.0 Å². The molecular weight excluding hydrogens is 470 g/mol.